The molecule has 1 aliphatic heterocycles. The zero-order valence-electron chi connectivity index (χ0n) is 8.74. The Labute approximate surface area is 102 Å². The number of hydrogen-bond donors (Lipinski definition) is 1. The van der Waals surface area contributed by atoms with Gasteiger partial charge in [-0.15, -0.1) is 0 Å². The van der Waals surface area contributed by atoms with E-state index in [1.165, 1.54) is 4.90 Å². The molecule has 0 saturated heterocycles. The van der Waals surface area contributed by atoms with E-state index < -0.39 is 0 Å². The first-order valence-electron chi connectivity index (χ1n) is 4.92. The molecule has 16 heavy (non-hydrogen) atoms. The number of nitrogens with two attached hydrogens (primary N) is 1. The summed E-state index contributed by atoms with van der Waals surface area (Å²) in [6, 6.07) is 4.92. The molecule has 4 nitrogen and oxygen atoms in total. The Hall–Kier alpha value is -1.20. The topological polar surface area (TPSA) is 63.4 Å². The van der Waals surface area contributed by atoms with E-state index in [1.54, 1.807) is 25.1 Å². The van der Waals surface area contributed by atoms with E-state index in [4.69, 9.17) is 5.73 Å². The second-order valence-corrected chi connectivity index (χ2v) is 4.71. The highest BCUT2D eigenvalue weighted by Crippen LogP contribution is 2.29. The molecule has 0 spiro atoms. The monoisotopic (exact) mass is 282 g/mol. The molecule has 2 amide bonds. The molecular weight excluding hydrogens is 272 g/mol. The number of imide groups is 1. The first-order chi connectivity index (χ1) is 7.52. The van der Waals surface area contributed by atoms with Crippen LogP contribution in [0.1, 0.15) is 27.6 Å². The minimum atomic E-state index is -0.273. The van der Waals surface area contributed by atoms with E-state index in [-0.39, 0.29) is 24.4 Å². The lowest BCUT2D eigenvalue weighted by Gasteiger charge is -2.15. The Morgan fingerprint density at radius 2 is 2.06 bits per heavy atom. The lowest BCUT2D eigenvalue weighted by atomic mass is 10.1. The van der Waals surface area contributed by atoms with Gasteiger partial charge in [-0.2, -0.15) is 0 Å². The summed E-state index contributed by atoms with van der Waals surface area (Å²) >= 11 is 3.28. The maximum Gasteiger partial charge on any atom is 0.262 e. The Bertz CT molecular complexity index is 471. The third-order valence-electron chi connectivity index (χ3n) is 2.42. The molecule has 1 unspecified atom stereocenters. The fourth-order valence-electron chi connectivity index (χ4n) is 1.75. The lowest BCUT2D eigenvalue weighted by molar-refractivity contribution is 0.0647. The molecule has 0 aromatic heterocycles. The summed E-state index contributed by atoms with van der Waals surface area (Å²) in [7, 11) is 0. The second-order valence-electron chi connectivity index (χ2n) is 3.86. The highest BCUT2D eigenvalue weighted by atomic mass is 79.9. The van der Waals surface area contributed by atoms with Gasteiger partial charge in [-0.05, 0) is 35.0 Å². The standard InChI is InChI=1S/C11H11BrN2O2/c1-6(13)5-14-10(15)7-3-2-4-8(12)9(7)11(14)16/h2-4,6H,5,13H2,1H3. The molecule has 2 N–H and O–H groups in total. The summed E-state index contributed by atoms with van der Waals surface area (Å²) in [6.45, 7) is 2.01. The van der Waals surface area contributed by atoms with Crippen molar-refractivity contribution in [1.29, 1.82) is 0 Å². The Morgan fingerprint density at radius 1 is 1.38 bits per heavy atom. The maximum absolute atomic E-state index is 12.0. The molecule has 2 rings (SSSR count). The van der Waals surface area contributed by atoms with Crippen molar-refractivity contribution in [2.24, 2.45) is 5.73 Å². The SMILES string of the molecule is CC(N)CN1C(=O)c2cccc(Br)c2C1=O. The van der Waals surface area contributed by atoms with Crippen LogP contribution in [-0.2, 0) is 0 Å². The van der Waals surface area contributed by atoms with Crippen LogP contribution in [0.15, 0.2) is 22.7 Å². The number of halogens is 1. The van der Waals surface area contributed by atoms with Gasteiger partial charge in [0.15, 0.2) is 0 Å². The van der Waals surface area contributed by atoms with Crippen molar-refractivity contribution in [1.82, 2.24) is 4.90 Å². The molecule has 84 valence electrons. The van der Waals surface area contributed by atoms with Gasteiger partial charge in [-0.1, -0.05) is 6.07 Å². The molecule has 1 aromatic rings. The third-order valence-corrected chi connectivity index (χ3v) is 3.08. The van der Waals surface area contributed by atoms with Crippen LogP contribution in [0.2, 0.25) is 0 Å². The zero-order valence-corrected chi connectivity index (χ0v) is 10.3. The number of fused-ring (bicyclic) bond motifs is 1. The molecule has 0 bridgehead atoms. The molecule has 1 heterocycles. The number of nitrogens with zero attached hydrogens (tertiary/aromatic N) is 1. The number of carbonyl (C=O) groups is 2. The Balaban J connectivity index is 2.45. The van der Waals surface area contributed by atoms with Gasteiger partial charge in [-0.3, -0.25) is 14.5 Å². The Morgan fingerprint density at radius 3 is 2.62 bits per heavy atom. The maximum atomic E-state index is 12.0. The summed E-state index contributed by atoms with van der Waals surface area (Å²) in [4.78, 5) is 25.1. The summed E-state index contributed by atoms with van der Waals surface area (Å²) in [5.41, 5.74) is 6.49. The highest BCUT2D eigenvalue weighted by Gasteiger charge is 2.36. The van der Waals surface area contributed by atoms with Crippen LogP contribution < -0.4 is 5.73 Å². The first-order valence-corrected chi connectivity index (χ1v) is 5.72. The highest BCUT2D eigenvalue weighted by molar-refractivity contribution is 9.10. The Kier molecular flexibility index (Phi) is 2.82. The van der Waals surface area contributed by atoms with E-state index >= 15 is 0 Å². The van der Waals surface area contributed by atoms with E-state index in [1.807, 2.05) is 0 Å². The average molecular weight is 283 g/mol. The van der Waals surface area contributed by atoms with Crippen LogP contribution in [-0.4, -0.2) is 29.3 Å². The molecular formula is C11H11BrN2O2. The van der Waals surface area contributed by atoms with Crippen LogP contribution in [0.25, 0.3) is 0 Å². The van der Waals surface area contributed by atoms with Gasteiger partial charge in [0.2, 0.25) is 0 Å². The lowest BCUT2D eigenvalue weighted by Crippen LogP contribution is -2.39. The molecule has 0 radical (unpaired) electrons. The van der Waals surface area contributed by atoms with Gasteiger partial charge in [-0.25, -0.2) is 0 Å². The van der Waals surface area contributed by atoms with Crippen molar-refractivity contribution in [3.8, 4) is 0 Å². The summed E-state index contributed by atoms with van der Waals surface area (Å²) in [5, 5.41) is 0. The van der Waals surface area contributed by atoms with Crippen molar-refractivity contribution in [3.63, 3.8) is 0 Å². The number of hydrogen-bond acceptors (Lipinski definition) is 3. The summed E-state index contributed by atoms with van der Waals surface area (Å²) in [5.74, 6) is -0.539. The first kappa shape index (κ1) is 11.3. The number of rotatable bonds is 2. The molecule has 5 heteroatoms. The molecule has 1 aliphatic rings. The molecule has 0 fully saturated rings. The van der Waals surface area contributed by atoms with Crippen molar-refractivity contribution < 1.29 is 9.59 Å². The van der Waals surface area contributed by atoms with Crippen molar-refractivity contribution in [3.05, 3.63) is 33.8 Å². The number of carbonyl (C=O) groups excluding carboxylic acids is 2. The van der Waals surface area contributed by atoms with Crippen LogP contribution in [0.5, 0.6) is 0 Å². The van der Waals surface area contributed by atoms with Crippen LogP contribution in [0, 0.1) is 0 Å². The predicted octanol–water partition coefficient (Wildman–Crippen LogP) is 1.39. The van der Waals surface area contributed by atoms with Gasteiger partial charge < -0.3 is 5.73 Å². The van der Waals surface area contributed by atoms with Crippen LogP contribution in [0.4, 0.5) is 0 Å². The van der Waals surface area contributed by atoms with Crippen LogP contribution in [0.3, 0.4) is 0 Å². The van der Waals surface area contributed by atoms with Gasteiger partial charge in [0.05, 0.1) is 11.1 Å². The van der Waals surface area contributed by atoms with E-state index in [0.717, 1.165) is 0 Å². The largest absolute Gasteiger partial charge is 0.326 e. The van der Waals surface area contributed by atoms with Gasteiger partial charge >= 0.3 is 0 Å². The second kappa shape index (κ2) is 3.99. The molecule has 1 aromatic carbocycles. The number of benzene rings is 1. The average Bonchev–Trinajstić information content (AvgIpc) is 2.44. The van der Waals surface area contributed by atoms with E-state index in [2.05, 4.69) is 15.9 Å². The van der Waals surface area contributed by atoms with Crippen LogP contribution >= 0.6 is 15.9 Å². The van der Waals surface area contributed by atoms with E-state index in [0.29, 0.717) is 15.6 Å². The summed E-state index contributed by atoms with van der Waals surface area (Å²) in [6.07, 6.45) is 0. The van der Waals surface area contributed by atoms with Crippen molar-refractivity contribution in [2.45, 2.75) is 13.0 Å². The fraction of sp³-hybridized carbons (Fsp3) is 0.273. The smallest absolute Gasteiger partial charge is 0.262 e. The van der Waals surface area contributed by atoms with E-state index in [9.17, 15) is 9.59 Å². The van der Waals surface area contributed by atoms with Crippen molar-refractivity contribution >= 4 is 27.7 Å². The third kappa shape index (κ3) is 1.66. The minimum absolute atomic E-state index is 0.221. The molecule has 0 aliphatic carbocycles. The zero-order chi connectivity index (χ0) is 11.9. The summed E-state index contributed by atoms with van der Waals surface area (Å²) < 4.78 is 0.649. The molecule has 0 saturated carbocycles. The minimum Gasteiger partial charge on any atom is -0.326 e. The van der Waals surface area contributed by atoms with Gasteiger partial charge in [0.1, 0.15) is 0 Å². The predicted molar refractivity (Wildman–Crippen MR) is 63.2 cm³/mol. The normalized spacial score (nSPS) is 16.6. The van der Waals surface area contributed by atoms with Gasteiger partial charge in [0.25, 0.3) is 11.8 Å². The molecule has 1 atom stereocenters. The van der Waals surface area contributed by atoms with Gasteiger partial charge in [0, 0.05) is 17.1 Å². The van der Waals surface area contributed by atoms with Crippen molar-refractivity contribution in [2.75, 3.05) is 6.54 Å². The fourth-order valence-corrected chi connectivity index (χ4v) is 2.28. The quantitative estimate of drug-likeness (QED) is 0.834. The number of amides is 2.